The molecule has 154 valence electrons. The third kappa shape index (κ3) is 4.28. The molecule has 6 heteroatoms. The van der Waals surface area contributed by atoms with Gasteiger partial charge in [-0.2, -0.15) is 5.10 Å². The van der Waals surface area contributed by atoms with Gasteiger partial charge in [0.15, 0.2) is 0 Å². The molecule has 3 aromatic rings. The zero-order valence-electron chi connectivity index (χ0n) is 18.0. The Morgan fingerprint density at radius 1 is 0.828 bits per heavy atom. The lowest BCUT2D eigenvalue weighted by Gasteiger charge is -2.22. The van der Waals surface area contributed by atoms with Gasteiger partial charge in [0.25, 0.3) is 0 Å². The Morgan fingerprint density at radius 3 is 2.10 bits per heavy atom. The Bertz CT molecular complexity index is 940. The summed E-state index contributed by atoms with van der Waals surface area (Å²) in [4.78, 5) is 5.10. The molecule has 0 spiro atoms. The van der Waals surface area contributed by atoms with Crippen LogP contribution in [0.2, 0.25) is 0 Å². The Hall–Kier alpha value is -2.44. The molecule has 2 aromatic heterocycles. The minimum Gasteiger partial charge on any atom is -0.361 e. The predicted octanol–water partition coefficient (Wildman–Crippen LogP) is 3.80. The molecule has 3 heterocycles. The number of para-hydroxylation sites is 1. The topological polar surface area (TPSA) is 50.3 Å². The maximum Gasteiger partial charge on any atom is 0.138 e. The van der Waals surface area contributed by atoms with Crippen molar-refractivity contribution in [2.75, 3.05) is 26.2 Å². The van der Waals surface area contributed by atoms with Crippen molar-refractivity contribution >= 4 is 0 Å². The van der Waals surface area contributed by atoms with Gasteiger partial charge in [-0.25, -0.2) is 4.68 Å². The SMILES string of the molecule is Cc1noc(C)c1CN1CCCN(Cc2c(C)nn(-c3ccccc3)c2C)CC1. The lowest BCUT2D eigenvalue weighted by Crippen LogP contribution is -2.30. The molecule has 0 unspecified atom stereocenters. The van der Waals surface area contributed by atoms with E-state index in [1.54, 1.807) is 0 Å². The highest BCUT2D eigenvalue weighted by Crippen LogP contribution is 2.21. The van der Waals surface area contributed by atoms with Crippen LogP contribution in [-0.2, 0) is 13.1 Å². The van der Waals surface area contributed by atoms with Gasteiger partial charge in [0.05, 0.1) is 17.1 Å². The van der Waals surface area contributed by atoms with Gasteiger partial charge >= 0.3 is 0 Å². The van der Waals surface area contributed by atoms with Crippen molar-refractivity contribution < 1.29 is 4.52 Å². The molecule has 0 aliphatic carbocycles. The Morgan fingerprint density at radius 2 is 1.48 bits per heavy atom. The van der Waals surface area contributed by atoms with Crippen LogP contribution in [0.5, 0.6) is 0 Å². The van der Waals surface area contributed by atoms with Crippen molar-refractivity contribution in [2.24, 2.45) is 0 Å². The fourth-order valence-corrected chi connectivity index (χ4v) is 4.24. The van der Waals surface area contributed by atoms with Crippen molar-refractivity contribution in [2.45, 2.75) is 47.2 Å². The van der Waals surface area contributed by atoms with Crippen LogP contribution in [0.25, 0.3) is 5.69 Å². The molecule has 4 rings (SSSR count). The van der Waals surface area contributed by atoms with Crippen molar-refractivity contribution in [3.8, 4) is 5.69 Å². The maximum absolute atomic E-state index is 5.34. The summed E-state index contributed by atoms with van der Waals surface area (Å²) in [7, 11) is 0. The Labute approximate surface area is 173 Å². The first-order chi connectivity index (χ1) is 14.0. The van der Waals surface area contributed by atoms with Gasteiger partial charge in [-0.1, -0.05) is 23.4 Å². The highest BCUT2D eigenvalue weighted by atomic mass is 16.5. The second kappa shape index (κ2) is 8.51. The van der Waals surface area contributed by atoms with Crippen LogP contribution in [0.3, 0.4) is 0 Å². The Kier molecular flexibility index (Phi) is 5.83. The van der Waals surface area contributed by atoms with Crippen LogP contribution in [0.15, 0.2) is 34.9 Å². The van der Waals surface area contributed by atoms with Crippen molar-refractivity contribution in [3.63, 3.8) is 0 Å². The molecule has 1 aromatic carbocycles. The largest absolute Gasteiger partial charge is 0.361 e. The van der Waals surface area contributed by atoms with Crippen molar-refractivity contribution in [1.82, 2.24) is 24.7 Å². The lowest BCUT2D eigenvalue weighted by atomic mass is 10.1. The second-order valence-electron chi connectivity index (χ2n) is 8.11. The highest BCUT2D eigenvalue weighted by molar-refractivity contribution is 5.36. The molecule has 0 atom stereocenters. The highest BCUT2D eigenvalue weighted by Gasteiger charge is 2.21. The lowest BCUT2D eigenvalue weighted by molar-refractivity contribution is 0.245. The average Bonchev–Trinajstić information content (AvgIpc) is 3.07. The number of aryl methyl sites for hydroxylation is 3. The van der Waals surface area contributed by atoms with E-state index in [1.165, 1.54) is 23.2 Å². The summed E-state index contributed by atoms with van der Waals surface area (Å²) in [5.74, 6) is 0.947. The first-order valence-electron chi connectivity index (χ1n) is 10.5. The molecule has 1 aliphatic rings. The molecule has 0 bridgehead atoms. The summed E-state index contributed by atoms with van der Waals surface area (Å²) in [5, 5.41) is 8.92. The van der Waals surface area contributed by atoms with E-state index in [9.17, 15) is 0 Å². The minimum absolute atomic E-state index is 0.930. The molecule has 6 nitrogen and oxygen atoms in total. The summed E-state index contributed by atoms with van der Waals surface area (Å²) in [6.07, 6.45) is 1.17. The molecule has 0 amide bonds. The monoisotopic (exact) mass is 393 g/mol. The number of benzene rings is 1. The molecule has 1 aliphatic heterocycles. The zero-order valence-corrected chi connectivity index (χ0v) is 18.0. The van der Waals surface area contributed by atoms with Crippen LogP contribution in [-0.4, -0.2) is 50.9 Å². The summed E-state index contributed by atoms with van der Waals surface area (Å²) in [6, 6.07) is 10.4. The van der Waals surface area contributed by atoms with E-state index in [-0.39, 0.29) is 0 Å². The Balaban J connectivity index is 1.43. The number of aromatic nitrogens is 3. The normalized spacial score (nSPS) is 16.3. The van der Waals surface area contributed by atoms with Crippen LogP contribution in [0.1, 0.15) is 40.4 Å². The van der Waals surface area contributed by atoms with E-state index in [2.05, 4.69) is 57.8 Å². The summed E-state index contributed by atoms with van der Waals surface area (Å²) in [5.41, 5.74) is 7.11. The molecular weight excluding hydrogens is 362 g/mol. The standard InChI is InChI=1S/C23H31N5O/c1-17-22(19(3)28(24-17)21-9-6-5-7-10-21)15-26-11-8-12-27(14-13-26)16-23-18(2)25-29-20(23)4/h5-7,9-10H,8,11-16H2,1-4H3. The number of hydrogen-bond acceptors (Lipinski definition) is 5. The summed E-state index contributed by atoms with van der Waals surface area (Å²) < 4.78 is 7.41. The number of nitrogens with zero attached hydrogens (tertiary/aromatic N) is 5. The van der Waals surface area contributed by atoms with E-state index < -0.39 is 0 Å². The molecule has 0 saturated carbocycles. The molecular formula is C23H31N5O. The third-order valence-corrected chi connectivity index (χ3v) is 6.07. The van der Waals surface area contributed by atoms with Gasteiger partial charge in [0.1, 0.15) is 5.76 Å². The van der Waals surface area contributed by atoms with Crippen LogP contribution in [0, 0.1) is 27.7 Å². The molecule has 0 N–H and O–H groups in total. The van der Waals surface area contributed by atoms with Crippen LogP contribution in [0.4, 0.5) is 0 Å². The predicted molar refractivity (Wildman–Crippen MR) is 114 cm³/mol. The molecule has 1 fully saturated rings. The van der Waals surface area contributed by atoms with Crippen molar-refractivity contribution in [3.05, 3.63) is 64.3 Å². The van der Waals surface area contributed by atoms with Crippen molar-refractivity contribution in [1.29, 1.82) is 0 Å². The quantitative estimate of drug-likeness (QED) is 0.660. The number of rotatable bonds is 5. The van der Waals surface area contributed by atoms with E-state index in [1.807, 2.05) is 19.9 Å². The first-order valence-corrected chi connectivity index (χ1v) is 10.5. The van der Waals surface area contributed by atoms with Gasteiger partial charge in [0.2, 0.25) is 0 Å². The van der Waals surface area contributed by atoms with Gasteiger partial charge in [0, 0.05) is 43.0 Å². The molecule has 0 radical (unpaired) electrons. The van der Waals surface area contributed by atoms with Gasteiger partial charge in [-0.05, 0) is 59.3 Å². The molecule has 1 saturated heterocycles. The zero-order chi connectivity index (χ0) is 20.4. The van der Waals surface area contributed by atoms with Gasteiger partial charge < -0.3 is 4.52 Å². The minimum atomic E-state index is 0.930. The molecule has 29 heavy (non-hydrogen) atoms. The van der Waals surface area contributed by atoms with Crippen LogP contribution < -0.4 is 0 Å². The van der Waals surface area contributed by atoms with E-state index in [0.717, 1.165) is 62.1 Å². The first kappa shape index (κ1) is 19.9. The number of hydrogen-bond donors (Lipinski definition) is 0. The van der Waals surface area contributed by atoms with Gasteiger partial charge in [-0.3, -0.25) is 9.80 Å². The smallest absolute Gasteiger partial charge is 0.138 e. The second-order valence-corrected chi connectivity index (χ2v) is 8.11. The van der Waals surface area contributed by atoms with E-state index >= 15 is 0 Å². The summed E-state index contributed by atoms with van der Waals surface area (Å²) in [6.45, 7) is 14.6. The van der Waals surface area contributed by atoms with Gasteiger partial charge in [-0.15, -0.1) is 0 Å². The van der Waals surface area contributed by atoms with E-state index in [0.29, 0.717) is 0 Å². The maximum atomic E-state index is 5.34. The fraction of sp³-hybridized carbons (Fsp3) is 0.478. The van der Waals surface area contributed by atoms with Crippen LogP contribution >= 0.6 is 0 Å². The summed E-state index contributed by atoms with van der Waals surface area (Å²) >= 11 is 0. The third-order valence-electron chi connectivity index (χ3n) is 6.07. The fourth-order valence-electron chi connectivity index (χ4n) is 4.24. The average molecular weight is 394 g/mol. The van der Waals surface area contributed by atoms with E-state index in [4.69, 9.17) is 9.62 Å².